The molecule has 2 unspecified atom stereocenters. The van der Waals surface area contributed by atoms with Crippen LogP contribution in [-0.4, -0.2) is 43.2 Å². The minimum atomic E-state index is 0.334. The molecular formula is C17H26N2O. The first-order valence-corrected chi connectivity index (χ1v) is 7.81. The van der Waals surface area contributed by atoms with Gasteiger partial charge in [-0.3, -0.25) is 4.90 Å². The lowest BCUT2D eigenvalue weighted by Crippen LogP contribution is -2.45. The van der Waals surface area contributed by atoms with Crippen LogP contribution in [0, 0.1) is 11.8 Å². The van der Waals surface area contributed by atoms with Gasteiger partial charge in [-0.25, -0.2) is 0 Å². The summed E-state index contributed by atoms with van der Waals surface area (Å²) in [6, 6.07) is 10.1. The van der Waals surface area contributed by atoms with Gasteiger partial charge in [0.05, 0.1) is 6.61 Å². The molecule has 0 amide bonds. The number of para-hydroxylation sites is 1. The molecule has 0 bridgehead atoms. The van der Waals surface area contributed by atoms with Gasteiger partial charge in [0.2, 0.25) is 0 Å². The highest BCUT2D eigenvalue weighted by Gasteiger charge is 2.48. The molecule has 2 aliphatic rings. The van der Waals surface area contributed by atoms with E-state index in [1.807, 2.05) is 30.3 Å². The van der Waals surface area contributed by atoms with Crippen LogP contribution in [0.3, 0.4) is 0 Å². The van der Waals surface area contributed by atoms with Crippen molar-refractivity contribution in [3.05, 3.63) is 30.3 Å². The van der Waals surface area contributed by atoms with Crippen LogP contribution >= 0.6 is 0 Å². The highest BCUT2D eigenvalue weighted by atomic mass is 16.5. The molecule has 1 aromatic carbocycles. The predicted octanol–water partition coefficient (Wildman–Crippen LogP) is 2.39. The first-order chi connectivity index (χ1) is 9.68. The van der Waals surface area contributed by atoms with Gasteiger partial charge in [0.25, 0.3) is 0 Å². The SMILES string of the molecule is CC1(C)C2CNCC2CN1CCCOc1ccccc1. The van der Waals surface area contributed by atoms with Crippen LogP contribution in [0.5, 0.6) is 5.75 Å². The normalized spacial score (nSPS) is 28.5. The van der Waals surface area contributed by atoms with Crippen LogP contribution in [0.25, 0.3) is 0 Å². The molecule has 3 nitrogen and oxygen atoms in total. The molecule has 3 heteroatoms. The van der Waals surface area contributed by atoms with Crippen molar-refractivity contribution < 1.29 is 4.74 Å². The number of nitrogens with zero attached hydrogens (tertiary/aromatic N) is 1. The van der Waals surface area contributed by atoms with Crippen molar-refractivity contribution in [3.8, 4) is 5.75 Å². The molecule has 3 rings (SSSR count). The molecule has 0 aromatic heterocycles. The van der Waals surface area contributed by atoms with E-state index in [9.17, 15) is 0 Å². The van der Waals surface area contributed by atoms with Crippen molar-refractivity contribution in [2.75, 3.05) is 32.8 Å². The van der Waals surface area contributed by atoms with Gasteiger partial charge in [-0.1, -0.05) is 18.2 Å². The second-order valence-electron chi connectivity index (χ2n) is 6.64. The fourth-order valence-electron chi connectivity index (χ4n) is 3.85. The van der Waals surface area contributed by atoms with Gasteiger partial charge in [0.1, 0.15) is 5.75 Å². The summed E-state index contributed by atoms with van der Waals surface area (Å²) in [5.41, 5.74) is 0.334. The summed E-state index contributed by atoms with van der Waals surface area (Å²) < 4.78 is 5.79. The van der Waals surface area contributed by atoms with E-state index in [1.165, 1.54) is 19.6 Å². The van der Waals surface area contributed by atoms with E-state index in [2.05, 4.69) is 24.1 Å². The lowest BCUT2D eigenvalue weighted by molar-refractivity contribution is 0.130. The first-order valence-electron chi connectivity index (χ1n) is 7.81. The maximum Gasteiger partial charge on any atom is 0.119 e. The maximum atomic E-state index is 5.79. The molecule has 0 saturated carbocycles. The molecule has 2 fully saturated rings. The molecule has 110 valence electrons. The third kappa shape index (κ3) is 2.70. The topological polar surface area (TPSA) is 24.5 Å². The minimum Gasteiger partial charge on any atom is -0.494 e. The summed E-state index contributed by atoms with van der Waals surface area (Å²) in [7, 11) is 0. The zero-order valence-electron chi connectivity index (χ0n) is 12.6. The number of likely N-dealkylation sites (tertiary alicyclic amines) is 1. The van der Waals surface area contributed by atoms with E-state index in [-0.39, 0.29) is 0 Å². The Bertz CT molecular complexity index is 432. The number of hydrogen-bond acceptors (Lipinski definition) is 3. The smallest absolute Gasteiger partial charge is 0.119 e. The maximum absolute atomic E-state index is 5.79. The lowest BCUT2D eigenvalue weighted by Gasteiger charge is -2.35. The highest BCUT2D eigenvalue weighted by Crippen LogP contribution is 2.40. The van der Waals surface area contributed by atoms with E-state index >= 15 is 0 Å². The second kappa shape index (κ2) is 5.74. The van der Waals surface area contributed by atoms with E-state index in [4.69, 9.17) is 4.74 Å². The van der Waals surface area contributed by atoms with Crippen LogP contribution in [0.1, 0.15) is 20.3 Å². The third-order valence-electron chi connectivity index (χ3n) is 5.10. The van der Waals surface area contributed by atoms with Crippen LogP contribution in [0.2, 0.25) is 0 Å². The quantitative estimate of drug-likeness (QED) is 0.834. The van der Waals surface area contributed by atoms with Gasteiger partial charge in [-0.15, -0.1) is 0 Å². The van der Waals surface area contributed by atoms with Crippen molar-refractivity contribution in [2.24, 2.45) is 11.8 Å². The van der Waals surface area contributed by atoms with Crippen molar-refractivity contribution in [3.63, 3.8) is 0 Å². The monoisotopic (exact) mass is 274 g/mol. The Morgan fingerprint density at radius 3 is 2.80 bits per heavy atom. The van der Waals surface area contributed by atoms with E-state index in [0.29, 0.717) is 5.54 Å². The Morgan fingerprint density at radius 2 is 2.05 bits per heavy atom. The van der Waals surface area contributed by atoms with E-state index in [1.54, 1.807) is 0 Å². The summed E-state index contributed by atoms with van der Waals surface area (Å²) in [4.78, 5) is 2.66. The van der Waals surface area contributed by atoms with E-state index in [0.717, 1.165) is 37.2 Å². The van der Waals surface area contributed by atoms with E-state index < -0.39 is 0 Å². The number of ether oxygens (including phenoxy) is 1. The van der Waals surface area contributed by atoms with Crippen LogP contribution in [0.15, 0.2) is 30.3 Å². The van der Waals surface area contributed by atoms with Gasteiger partial charge >= 0.3 is 0 Å². The first kappa shape index (κ1) is 13.9. The number of hydrogen-bond donors (Lipinski definition) is 1. The van der Waals surface area contributed by atoms with Gasteiger partial charge in [0, 0.05) is 25.2 Å². The fourth-order valence-corrected chi connectivity index (χ4v) is 3.85. The number of fused-ring (bicyclic) bond motifs is 1. The van der Waals surface area contributed by atoms with Crippen LogP contribution in [0.4, 0.5) is 0 Å². The molecule has 1 aromatic rings. The molecular weight excluding hydrogens is 248 g/mol. The van der Waals surface area contributed by atoms with Crippen molar-refractivity contribution >= 4 is 0 Å². The molecule has 1 N–H and O–H groups in total. The zero-order valence-corrected chi connectivity index (χ0v) is 12.6. The second-order valence-corrected chi connectivity index (χ2v) is 6.64. The molecule has 2 aliphatic heterocycles. The van der Waals surface area contributed by atoms with Gasteiger partial charge in [-0.05, 0) is 50.8 Å². The molecule has 0 spiro atoms. The number of nitrogens with one attached hydrogen (secondary N) is 1. The van der Waals surface area contributed by atoms with Crippen molar-refractivity contribution in [1.82, 2.24) is 10.2 Å². The average Bonchev–Trinajstić information content (AvgIpc) is 2.99. The van der Waals surface area contributed by atoms with Gasteiger partial charge < -0.3 is 10.1 Å². The summed E-state index contributed by atoms with van der Waals surface area (Å²) >= 11 is 0. The molecule has 2 saturated heterocycles. The van der Waals surface area contributed by atoms with Gasteiger partial charge in [0.15, 0.2) is 0 Å². The largest absolute Gasteiger partial charge is 0.494 e. The predicted molar refractivity (Wildman–Crippen MR) is 82.1 cm³/mol. The average molecular weight is 274 g/mol. The minimum absolute atomic E-state index is 0.334. The fraction of sp³-hybridized carbons (Fsp3) is 0.647. The molecule has 2 heterocycles. The molecule has 0 radical (unpaired) electrons. The summed E-state index contributed by atoms with van der Waals surface area (Å²) in [6.45, 7) is 10.4. The number of rotatable bonds is 5. The Balaban J connectivity index is 1.45. The zero-order chi connectivity index (χ0) is 14.0. The standard InChI is InChI=1S/C17H26N2O/c1-17(2)16-12-18-11-14(16)13-19(17)9-6-10-20-15-7-4-3-5-8-15/h3-5,7-8,14,16,18H,6,9-13H2,1-2H3. The Kier molecular flexibility index (Phi) is 3.99. The van der Waals surface area contributed by atoms with Crippen LogP contribution in [-0.2, 0) is 0 Å². The van der Waals surface area contributed by atoms with Crippen LogP contribution < -0.4 is 10.1 Å². The third-order valence-corrected chi connectivity index (χ3v) is 5.10. The summed E-state index contributed by atoms with van der Waals surface area (Å²) in [5, 5.41) is 3.54. The Morgan fingerprint density at radius 1 is 1.25 bits per heavy atom. The molecule has 0 aliphatic carbocycles. The highest BCUT2D eigenvalue weighted by molar-refractivity contribution is 5.20. The van der Waals surface area contributed by atoms with Crippen molar-refractivity contribution in [1.29, 1.82) is 0 Å². The van der Waals surface area contributed by atoms with Crippen molar-refractivity contribution in [2.45, 2.75) is 25.8 Å². The molecule has 20 heavy (non-hydrogen) atoms. The summed E-state index contributed by atoms with van der Waals surface area (Å²) in [6.07, 6.45) is 1.10. The Hall–Kier alpha value is -1.06. The summed E-state index contributed by atoms with van der Waals surface area (Å²) in [5.74, 6) is 2.65. The number of benzene rings is 1. The lowest BCUT2D eigenvalue weighted by atomic mass is 9.85. The van der Waals surface area contributed by atoms with Gasteiger partial charge in [-0.2, -0.15) is 0 Å². The molecule has 2 atom stereocenters. The Labute approximate surface area is 122 Å².